The van der Waals surface area contributed by atoms with E-state index in [9.17, 15) is 4.79 Å². The first-order valence-corrected chi connectivity index (χ1v) is 9.56. The lowest BCUT2D eigenvalue weighted by molar-refractivity contribution is -0.118. The zero-order valence-electron chi connectivity index (χ0n) is 14.5. The van der Waals surface area contributed by atoms with Gasteiger partial charge in [-0.2, -0.15) is 5.10 Å². The number of fused-ring (bicyclic) bond motifs is 2. The van der Waals surface area contributed by atoms with Gasteiger partial charge in [-0.3, -0.25) is 4.79 Å². The summed E-state index contributed by atoms with van der Waals surface area (Å²) in [6.45, 7) is 0. The van der Waals surface area contributed by atoms with E-state index in [0.29, 0.717) is 0 Å². The van der Waals surface area contributed by atoms with Gasteiger partial charge in [0.2, 0.25) is 5.91 Å². The minimum Gasteiger partial charge on any atom is -0.272 e. The smallest absolute Gasteiger partial charge is 0.250 e. The second-order valence-corrected chi connectivity index (χ2v) is 6.99. The Morgan fingerprint density at radius 1 is 0.926 bits per heavy atom. The molecule has 0 aliphatic rings. The fourth-order valence-corrected chi connectivity index (χ4v) is 3.51. The molecule has 4 rings (SSSR count). The van der Waals surface area contributed by atoms with Crippen LogP contribution in [0.3, 0.4) is 0 Å². The van der Waals surface area contributed by atoms with E-state index in [1.165, 1.54) is 11.8 Å². The summed E-state index contributed by atoms with van der Waals surface area (Å²) in [4.78, 5) is 16.6. The number of carbonyl (C=O) groups is 1. The zero-order valence-corrected chi connectivity index (χ0v) is 15.3. The Morgan fingerprint density at radius 2 is 1.70 bits per heavy atom. The average molecular weight is 371 g/mol. The Kier molecular flexibility index (Phi) is 5.12. The van der Waals surface area contributed by atoms with Gasteiger partial charge in [0.1, 0.15) is 0 Å². The fraction of sp³-hybridized carbons (Fsp3) is 0.0455. The molecule has 132 valence electrons. The van der Waals surface area contributed by atoms with Crippen LogP contribution in [0.2, 0.25) is 0 Å². The first-order chi connectivity index (χ1) is 13.3. The highest BCUT2D eigenvalue weighted by molar-refractivity contribution is 7.99. The highest BCUT2D eigenvalue weighted by Gasteiger charge is 2.04. The number of para-hydroxylation sites is 1. The summed E-state index contributed by atoms with van der Waals surface area (Å²) in [5, 5.41) is 8.25. The summed E-state index contributed by atoms with van der Waals surface area (Å²) in [6.07, 6.45) is 1.68. The van der Waals surface area contributed by atoms with Crippen molar-refractivity contribution < 1.29 is 4.79 Å². The van der Waals surface area contributed by atoms with Crippen LogP contribution in [0.1, 0.15) is 5.56 Å². The number of hydrazone groups is 1. The fourth-order valence-electron chi connectivity index (χ4n) is 2.84. The van der Waals surface area contributed by atoms with Gasteiger partial charge in [-0.15, -0.1) is 0 Å². The maximum absolute atomic E-state index is 12.1. The average Bonchev–Trinajstić information content (AvgIpc) is 2.72. The van der Waals surface area contributed by atoms with E-state index in [1.807, 2.05) is 66.7 Å². The molecular weight excluding hydrogens is 354 g/mol. The van der Waals surface area contributed by atoms with Crippen LogP contribution in [0.15, 0.2) is 89.0 Å². The maximum atomic E-state index is 12.1. The first-order valence-electron chi connectivity index (χ1n) is 8.58. The standard InChI is InChI=1S/C22H17N3OS/c26-21(15-27-22-13-12-17-7-2-4-11-20(17)24-22)25-23-14-18-9-5-8-16-6-1-3-10-19(16)18/h1-14H,15H2,(H,25,26)/b23-14-. The molecular formula is C22H17N3OS. The lowest BCUT2D eigenvalue weighted by Gasteiger charge is -2.03. The quantitative estimate of drug-likeness (QED) is 0.316. The number of rotatable bonds is 5. The number of thioether (sulfide) groups is 1. The van der Waals surface area contributed by atoms with Crippen LogP contribution in [-0.2, 0) is 4.79 Å². The molecule has 1 aromatic heterocycles. The van der Waals surface area contributed by atoms with E-state index < -0.39 is 0 Å². The van der Waals surface area contributed by atoms with E-state index in [4.69, 9.17) is 0 Å². The Hall–Kier alpha value is -3.18. The van der Waals surface area contributed by atoms with Crippen molar-refractivity contribution in [1.29, 1.82) is 0 Å². The van der Waals surface area contributed by atoms with Crippen molar-refractivity contribution in [2.45, 2.75) is 5.03 Å². The molecule has 0 aliphatic heterocycles. The third-order valence-corrected chi connectivity index (χ3v) is 5.07. The number of nitrogens with one attached hydrogen (secondary N) is 1. The maximum Gasteiger partial charge on any atom is 0.250 e. The highest BCUT2D eigenvalue weighted by atomic mass is 32.2. The Balaban J connectivity index is 1.37. The van der Waals surface area contributed by atoms with Crippen molar-refractivity contribution in [3.63, 3.8) is 0 Å². The van der Waals surface area contributed by atoms with Gasteiger partial charge in [0.05, 0.1) is 22.5 Å². The third-order valence-electron chi connectivity index (χ3n) is 4.14. The van der Waals surface area contributed by atoms with Gasteiger partial charge in [0.25, 0.3) is 0 Å². The van der Waals surface area contributed by atoms with Crippen molar-refractivity contribution in [1.82, 2.24) is 10.4 Å². The Bertz CT molecular complexity index is 1140. The SMILES string of the molecule is O=C(CSc1ccc2ccccc2n1)N/N=C\c1cccc2ccccc12. The van der Waals surface area contributed by atoms with Crippen LogP contribution in [0.25, 0.3) is 21.7 Å². The van der Waals surface area contributed by atoms with Gasteiger partial charge >= 0.3 is 0 Å². The lowest BCUT2D eigenvalue weighted by Crippen LogP contribution is -2.19. The Morgan fingerprint density at radius 3 is 2.63 bits per heavy atom. The number of pyridine rings is 1. The third kappa shape index (κ3) is 4.15. The molecule has 0 spiro atoms. The molecule has 1 heterocycles. The molecule has 0 radical (unpaired) electrons. The topological polar surface area (TPSA) is 54.4 Å². The van der Waals surface area contributed by atoms with E-state index in [-0.39, 0.29) is 11.7 Å². The largest absolute Gasteiger partial charge is 0.272 e. The molecule has 0 aliphatic carbocycles. The van der Waals surface area contributed by atoms with Crippen molar-refractivity contribution in [3.8, 4) is 0 Å². The van der Waals surface area contributed by atoms with E-state index in [2.05, 4.69) is 27.6 Å². The summed E-state index contributed by atoms with van der Waals surface area (Å²) >= 11 is 1.40. The molecule has 0 fully saturated rings. The molecule has 0 atom stereocenters. The number of hydrogen-bond acceptors (Lipinski definition) is 4. The second kappa shape index (κ2) is 8.01. The summed E-state index contributed by atoms with van der Waals surface area (Å²) < 4.78 is 0. The van der Waals surface area contributed by atoms with Gasteiger partial charge in [0.15, 0.2) is 0 Å². The molecule has 5 heteroatoms. The van der Waals surface area contributed by atoms with Crippen LogP contribution in [0, 0.1) is 0 Å². The van der Waals surface area contributed by atoms with Crippen LogP contribution in [0.4, 0.5) is 0 Å². The van der Waals surface area contributed by atoms with Gasteiger partial charge in [-0.25, -0.2) is 10.4 Å². The number of benzene rings is 3. The summed E-state index contributed by atoms with van der Waals surface area (Å²) in [7, 11) is 0. The van der Waals surface area contributed by atoms with Crippen molar-refractivity contribution in [2.24, 2.45) is 5.10 Å². The molecule has 3 aromatic carbocycles. The molecule has 1 amide bonds. The summed E-state index contributed by atoms with van der Waals surface area (Å²) in [5.74, 6) is 0.101. The summed E-state index contributed by atoms with van der Waals surface area (Å²) in [5.41, 5.74) is 4.48. The van der Waals surface area contributed by atoms with Crippen molar-refractivity contribution >= 4 is 45.6 Å². The predicted molar refractivity (Wildman–Crippen MR) is 112 cm³/mol. The van der Waals surface area contributed by atoms with Gasteiger partial charge in [-0.1, -0.05) is 78.5 Å². The molecule has 0 saturated carbocycles. The molecule has 4 aromatic rings. The normalized spacial score (nSPS) is 11.3. The molecule has 1 N–H and O–H groups in total. The van der Waals surface area contributed by atoms with E-state index >= 15 is 0 Å². The van der Waals surface area contributed by atoms with Crippen LogP contribution < -0.4 is 5.43 Å². The summed E-state index contributed by atoms with van der Waals surface area (Å²) in [6, 6.07) is 26.0. The zero-order chi connectivity index (χ0) is 18.5. The molecule has 27 heavy (non-hydrogen) atoms. The Labute approximate surface area is 161 Å². The monoisotopic (exact) mass is 371 g/mol. The number of aromatic nitrogens is 1. The van der Waals surface area contributed by atoms with E-state index in [0.717, 1.165) is 32.3 Å². The van der Waals surface area contributed by atoms with E-state index in [1.54, 1.807) is 6.21 Å². The van der Waals surface area contributed by atoms with Crippen LogP contribution >= 0.6 is 11.8 Å². The number of nitrogens with zero attached hydrogens (tertiary/aromatic N) is 2. The number of amides is 1. The molecule has 0 bridgehead atoms. The van der Waals surface area contributed by atoms with Gasteiger partial charge in [-0.05, 0) is 22.9 Å². The van der Waals surface area contributed by atoms with Gasteiger partial charge in [0, 0.05) is 10.9 Å². The number of hydrogen-bond donors (Lipinski definition) is 1. The number of carbonyl (C=O) groups excluding carboxylic acids is 1. The molecule has 0 saturated heterocycles. The van der Waals surface area contributed by atoms with Gasteiger partial charge < -0.3 is 0 Å². The molecule has 0 unspecified atom stereocenters. The van der Waals surface area contributed by atoms with Crippen LogP contribution in [0.5, 0.6) is 0 Å². The lowest BCUT2D eigenvalue weighted by atomic mass is 10.1. The van der Waals surface area contributed by atoms with Crippen molar-refractivity contribution in [2.75, 3.05) is 5.75 Å². The predicted octanol–water partition coefficient (Wildman–Crippen LogP) is 4.63. The minimum absolute atomic E-state index is 0.161. The highest BCUT2D eigenvalue weighted by Crippen LogP contribution is 2.20. The first kappa shape index (κ1) is 17.2. The molecule has 4 nitrogen and oxygen atoms in total. The van der Waals surface area contributed by atoms with Crippen molar-refractivity contribution in [3.05, 3.63) is 84.4 Å². The minimum atomic E-state index is -0.161. The second-order valence-electron chi connectivity index (χ2n) is 5.99. The van der Waals surface area contributed by atoms with Crippen LogP contribution in [-0.4, -0.2) is 22.9 Å².